The molecule has 166 valence electrons. The Bertz CT molecular complexity index is 1040. The standard InChI is InChI=1S/C23H24FN5O3/c24-18-4-6-19(7-5-18)32-20-3-1-2-17(14-20)23(30)26-9-8-25-21-15-22(28-16-27-21)29-10-12-31-13-11-29/h1-7,14-16H,8-13H2,(H,26,30)(H,25,27,28). The van der Waals surface area contributed by atoms with Gasteiger partial charge in [-0.1, -0.05) is 6.07 Å². The van der Waals surface area contributed by atoms with Crippen LogP contribution in [0.25, 0.3) is 0 Å². The van der Waals surface area contributed by atoms with E-state index in [1.807, 2.05) is 6.07 Å². The lowest BCUT2D eigenvalue weighted by atomic mass is 10.2. The summed E-state index contributed by atoms with van der Waals surface area (Å²) in [6.45, 7) is 3.91. The number of carbonyl (C=O) groups excluding carboxylic acids is 1. The first-order valence-electron chi connectivity index (χ1n) is 10.4. The number of benzene rings is 2. The lowest BCUT2D eigenvalue weighted by molar-refractivity contribution is 0.0955. The lowest BCUT2D eigenvalue weighted by Crippen LogP contribution is -2.36. The lowest BCUT2D eigenvalue weighted by Gasteiger charge is -2.27. The number of nitrogens with one attached hydrogen (secondary N) is 2. The summed E-state index contributed by atoms with van der Waals surface area (Å²) in [5, 5.41) is 6.07. The Kier molecular flexibility index (Phi) is 7.08. The molecule has 1 aliphatic heterocycles. The highest BCUT2D eigenvalue weighted by Gasteiger charge is 2.13. The van der Waals surface area contributed by atoms with E-state index in [1.54, 1.807) is 24.3 Å². The highest BCUT2D eigenvalue weighted by atomic mass is 19.1. The Hall–Kier alpha value is -3.72. The molecule has 8 nitrogen and oxygen atoms in total. The molecule has 0 saturated carbocycles. The number of hydrogen-bond donors (Lipinski definition) is 2. The van der Waals surface area contributed by atoms with Crippen LogP contribution in [-0.4, -0.2) is 55.3 Å². The average molecular weight is 437 g/mol. The molecule has 1 aromatic heterocycles. The predicted octanol–water partition coefficient (Wildman–Crippen LogP) is 3.09. The van der Waals surface area contributed by atoms with E-state index in [2.05, 4.69) is 25.5 Å². The second kappa shape index (κ2) is 10.5. The first-order chi connectivity index (χ1) is 15.7. The van der Waals surface area contributed by atoms with Crippen LogP contribution in [0.4, 0.5) is 16.0 Å². The van der Waals surface area contributed by atoms with Crippen molar-refractivity contribution in [3.63, 3.8) is 0 Å². The van der Waals surface area contributed by atoms with Crippen LogP contribution >= 0.6 is 0 Å². The fourth-order valence-corrected chi connectivity index (χ4v) is 3.22. The van der Waals surface area contributed by atoms with E-state index in [9.17, 15) is 9.18 Å². The minimum absolute atomic E-state index is 0.215. The number of amides is 1. The molecule has 2 aromatic carbocycles. The molecular weight excluding hydrogens is 413 g/mol. The van der Waals surface area contributed by atoms with Crippen molar-refractivity contribution in [2.75, 3.05) is 49.6 Å². The summed E-state index contributed by atoms with van der Waals surface area (Å²) in [5.41, 5.74) is 0.473. The predicted molar refractivity (Wildman–Crippen MR) is 119 cm³/mol. The minimum Gasteiger partial charge on any atom is -0.457 e. The molecule has 9 heteroatoms. The molecule has 1 saturated heterocycles. The molecule has 0 bridgehead atoms. The quantitative estimate of drug-likeness (QED) is 0.524. The number of rotatable bonds is 8. The Morgan fingerprint density at radius 1 is 1.03 bits per heavy atom. The SMILES string of the molecule is O=C(NCCNc1cc(N2CCOCC2)ncn1)c1cccc(Oc2ccc(F)cc2)c1. The molecule has 1 fully saturated rings. The maximum atomic E-state index is 13.0. The number of hydrogen-bond acceptors (Lipinski definition) is 7. The molecule has 1 aliphatic rings. The second-order valence-corrected chi connectivity index (χ2v) is 7.13. The third-order valence-electron chi connectivity index (χ3n) is 4.85. The molecule has 2 heterocycles. The minimum atomic E-state index is -0.335. The summed E-state index contributed by atoms with van der Waals surface area (Å²) in [5.74, 6) is 2.00. The van der Waals surface area contributed by atoms with Crippen LogP contribution in [0.3, 0.4) is 0 Å². The van der Waals surface area contributed by atoms with Crippen LogP contribution in [0.2, 0.25) is 0 Å². The summed E-state index contributed by atoms with van der Waals surface area (Å²) in [6.07, 6.45) is 1.53. The Morgan fingerprint density at radius 3 is 2.66 bits per heavy atom. The zero-order valence-electron chi connectivity index (χ0n) is 17.5. The van der Waals surface area contributed by atoms with Gasteiger partial charge in [0.1, 0.15) is 35.3 Å². The molecule has 4 rings (SSSR count). The molecular formula is C23H24FN5O3. The van der Waals surface area contributed by atoms with Crippen molar-refractivity contribution in [1.29, 1.82) is 0 Å². The van der Waals surface area contributed by atoms with Gasteiger partial charge in [-0.25, -0.2) is 14.4 Å². The number of halogens is 1. The normalized spacial score (nSPS) is 13.5. The molecule has 0 aliphatic carbocycles. The van der Waals surface area contributed by atoms with Gasteiger partial charge in [-0.05, 0) is 42.5 Å². The first kappa shape index (κ1) is 21.5. The molecule has 0 unspecified atom stereocenters. The van der Waals surface area contributed by atoms with Gasteiger partial charge in [-0.15, -0.1) is 0 Å². The van der Waals surface area contributed by atoms with Gasteiger partial charge in [-0.3, -0.25) is 4.79 Å². The maximum absolute atomic E-state index is 13.0. The molecule has 0 spiro atoms. The zero-order valence-corrected chi connectivity index (χ0v) is 17.5. The van der Waals surface area contributed by atoms with Gasteiger partial charge in [0, 0.05) is 37.8 Å². The van der Waals surface area contributed by atoms with E-state index < -0.39 is 0 Å². The summed E-state index contributed by atoms with van der Waals surface area (Å²) in [7, 11) is 0. The number of aromatic nitrogens is 2. The third kappa shape index (κ3) is 5.92. The van der Waals surface area contributed by atoms with Crippen LogP contribution in [0, 0.1) is 5.82 Å². The molecule has 0 radical (unpaired) electrons. The first-order valence-corrected chi connectivity index (χ1v) is 10.4. The number of nitrogens with zero attached hydrogens (tertiary/aromatic N) is 3. The van der Waals surface area contributed by atoms with Gasteiger partial charge in [0.15, 0.2) is 0 Å². The van der Waals surface area contributed by atoms with Crippen LogP contribution in [0.1, 0.15) is 10.4 Å². The van der Waals surface area contributed by atoms with Crippen LogP contribution in [-0.2, 0) is 4.74 Å². The van der Waals surface area contributed by atoms with E-state index in [4.69, 9.17) is 9.47 Å². The van der Waals surface area contributed by atoms with Crippen molar-refractivity contribution >= 4 is 17.5 Å². The molecule has 1 amide bonds. The molecule has 32 heavy (non-hydrogen) atoms. The van der Waals surface area contributed by atoms with E-state index in [1.165, 1.54) is 30.6 Å². The maximum Gasteiger partial charge on any atom is 0.251 e. The van der Waals surface area contributed by atoms with Crippen LogP contribution in [0.15, 0.2) is 60.9 Å². The molecule has 0 atom stereocenters. The second-order valence-electron chi connectivity index (χ2n) is 7.13. The summed E-state index contributed by atoms with van der Waals surface area (Å²) < 4.78 is 24.1. The highest BCUT2D eigenvalue weighted by Crippen LogP contribution is 2.22. The smallest absolute Gasteiger partial charge is 0.251 e. The van der Waals surface area contributed by atoms with E-state index in [0.717, 1.165) is 18.9 Å². The van der Waals surface area contributed by atoms with Gasteiger partial charge in [0.05, 0.1) is 13.2 Å². The fourth-order valence-electron chi connectivity index (χ4n) is 3.22. The Labute approximate surface area is 185 Å². The van der Waals surface area contributed by atoms with E-state index in [0.29, 0.717) is 49.2 Å². The van der Waals surface area contributed by atoms with Crippen molar-refractivity contribution in [3.05, 3.63) is 72.3 Å². The van der Waals surface area contributed by atoms with Crippen molar-refractivity contribution in [3.8, 4) is 11.5 Å². The van der Waals surface area contributed by atoms with Gasteiger partial charge in [-0.2, -0.15) is 0 Å². The van der Waals surface area contributed by atoms with Crippen molar-refractivity contribution < 1.29 is 18.7 Å². The van der Waals surface area contributed by atoms with Crippen LogP contribution in [0.5, 0.6) is 11.5 Å². The van der Waals surface area contributed by atoms with E-state index >= 15 is 0 Å². The van der Waals surface area contributed by atoms with Crippen molar-refractivity contribution in [1.82, 2.24) is 15.3 Å². The summed E-state index contributed by atoms with van der Waals surface area (Å²) in [6, 6.07) is 14.4. The fraction of sp³-hybridized carbons (Fsp3) is 0.261. The summed E-state index contributed by atoms with van der Waals surface area (Å²) in [4.78, 5) is 23.2. The summed E-state index contributed by atoms with van der Waals surface area (Å²) >= 11 is 0. The van der Waals surface area contributed by atoms with Gasteiger partial charge < -0.3 is 25.0 Å². The van der Waals surface area contributed by atoms with Crippen molar-refractivity contribution in [2.45, 2.75) is 0 Å². The Balaban J connectivity index is 1.26. The monoisotopic (exact) mass is 437 g/mol. The number of ether oxygens (including phenoxy) is 2. The largest absolute Gasteiger partial charge is 0.457 e. The van der Waals surface area contributed by atoms with Crippen LogP contribution < -0.4 is 20.3 Å². The average Bonchev–Trinajstić information content (AvgIpc) is 2.84. The highest BCUT2D eigenvalue weighted by molar-refractivity contribution is 5.94. The van der Waals surface area contributed by atoms with Crippen molar-refractivity contribution in [2.24, 2.45) is 0 Å². The van der Waals surface area contributed by atoms with Gasteiger partial charge >= 0.3 is 0 Å². The topological polar surface area (TPSA) is 88.6 Å². The molecule has 3 aromatic rings. The third-order valence-corrected chi connectivity index (χ3v) is 4.85. The van der Waals surface area contributed by atoms with Gasteiger partial charge in [0.25, 0.3) is 5.91 Å². The number of carbonyl (C=O) groups is 1. The Morgan fingerprint density at radius 2 is 1.84 bits per heavy atom. The molecule has 2 N–H and O–H groups in total. The number of anilines is 2. The zero-order chi connectivity index (χ0) is 22.2. The number of morpholine rings is 1. The van der Waals surface area contributed by atoms with E-state index in [-0.39, 0.29) is 11.7 Å². The van der Waals surface area contributed by atoms with Gasteiger partial charge in [0.2, 0.25) is 0 Å².